The predicted molar refractivity (Wildman–Crippen MR) is 106 cm³/mol. The molecule has 1 aromatic rings. The summed E-state index contributed by atoms with van der Waals surface area (Å²) in [5.41, 5.74) is 7.24. The number of ketones is 2. The molecule has 11 heteroatoms. The number of aromatic hydroxyl groups is 1. The topological polar surface area (TPSA) is 206 Å². The summed E-state index contributed by atoms with van der Waals surface area (Å²) >= 11 is 0. The fraction of sp³-hybridized carbons (Fsp3) is 0.300. The summed E-state index contributed by atoms with van der Waals surface area (Å²) in [6, 6.07) is 2.69. The summed E-state index contributed by atoms with van der Waals surface area (Å²) in [7, 11) is 1.14. The fourth-order valence-electron chi connectivity index (χ4n) is 4.72. The Labute approximate surface area is 174 Å². The average molecular weight is 429 g/mol. The number of hydrogen-bond acceptors (Lipinski definition) is 10. The molecular weight excluding hydrogens is 410 g/mol. The highest BCUT2D eigenvalue weighted by Crippen LogP contribution is 2.51. The minimum Gasteiger partial charge on any atom is -0.507 e. The van der Waals surface area contributed by atoms with Crippen molar-refractivity contribution in [3.05, 3.63) is 40.2 Å². The Hall–Kier alpha value is -3.86. The number of allylic oxidation sites excluding steroid dienone is 1. The molecule has 0 spiro atoms. The van der Waals surface area contributed by atoms with Crippen LogP contribution in [0.3, 0.4) is 0 Å². The van der Waals surface area contributed by atoms with E-state index in [0.29, 0.717) is 5.56 Å². The maximum Gasteiger partial charge on any atom is 0.256 e. The van der Waals surface area contributed by atoms with Gasteiger partial charge in [0.2, 0.25) is 11.6 Å². The first-order valence-corrected chi connectivity index (χ1v) is 9.25. The molecule has 0 aromatic heterocycles. The highest BCUT2D eigenvalue weighted by molar-refractivity contribution is 6.38. The Bertz CT molecular complexity index is 1170. The molecule has 0 unspecified atom stereocenters. The molecule has 0 radical (unpaired) electrons. The number of amides is 1. The number of aliphatic hydroxyl groups excluding tert-OH is 2. The summed E-state index contributed by atoms with van der Waals surface area (Å²) in [5, 5.41) is 46.4. The molecule has 0 saturated heterocycles. The van der Waals surface area contributed by atoms with Gasteiger partial charge in [0.15, 0.2) is 11.4 Å². The molecule has 1 saturated carbocycles. The van der Waals surface area contributed by atoms with Gasteiger partial charge in [-0.3, -0.25) is 14.4 Å². The van der Waals surface area contributed by atoms with Crippen LogP contribution in [-0.2, 0) is 25.6 Å². The molecule has 0 heterocycles. The zero-order valence-electron chi connectivity index (χ0n) is 16.2. The maximum absolute atomic E-state index is 13.4. The molecule has 0 bridgehead atoms. The number of phenols is 1. The van der Waals surface area contributed by atoms with E-state index in [4.69, 9.17) is 11.5 Å². The van der Waals surface area contributed by atoms with Crippen LogP contribution in [0.1, 0.15) is 17.5 Å². The van der Waals surface area contributed by atoms with Gasteiger partial charge in [-0.25, -0.2) is 0 Å². The van der Waals surface area contributed by atoms with Crippen molar-refractivity contribution in [2.24, 2.45) is 22.7 Å². The fourth-order valence-corrected chi connectivity index (χ4v) is 4.72. The Morgan fingerprint density at radius 2 is 1.87 bits per heavy atom. The monoisotopic (exact) mass is 429 g/mol. The van der Waals surface area contributed by atoms with Gasteiger partial charge >= 0.3 is 0 Å². The van der Waals surface area contributed by atoms with Gasteiger partial charge in [0.05, 0.1) is 11.5 Å². The van der Waals surface area contributed by atoms with Crippen molar-refractivity contribution in [3.63, 3.8) is 0 Å². The summed E-state index contributed by atoms with van der Waals surface area (Å²) < 4.78 is 0. The minimum atomic E-state index is -2.86. The summed E-state index contributed by atoms with van der Waals surface area (Å²) in [6.45, 7) is 0. The van der Waals surface area contributed by atoms with E-state index in [1.807, 2.05) is 0 Å². The first-order valence-electron chi connectivity index (χ1n) is 9.25. The predicted octanol–water partition coefficient (Wildman–Crippen LogP) is -0.382. The van der Waals surface area contributed by atoms with Crippen molar-refractivity contribution < 1.29 is 39.6 Å². The quantitative estimate of drug-likeness (QED) is 0.119. The van der Waals surface area contributed by atoms with Crippen molar-refractivity contribution >= 4 is 34.6 Å². The molecule has 0 aliphatic heterocycles. The minimum absolute atomic E-state index is 0.0656. The molecule has 162 valence electrons. The van der Waals surface area contributed by atoms with Gasteiger partial charge in [0.1, 0.15) is 29.9 Å². The standard InChI is InChI=1S/C20H19N3O8/c1-31-23-14-8-5-6-4-7-9(21)2-3-10(24)12(7)15(25)11(6)17(27)20(8,30)18(28)13(16(14)26)19(22)29/h2-3,6,8,24-26,30H,4-5,21H2,1H3,(H2,22,29)/b23-14-/t6-,8-,20-/m0/s1. The lowest BCUT2D eigenvalue weighted by atomic mass is 9.58. The number of carbonyl (C=O) groups is 3. The summed E-state index contributed by atoms with van der Waals surface area (Å²) in [4.78, 5) is 42.9. The number of oxime groups is 1. The molecule has 4 rings (SSSR count). The Morgan fingerprint density at radius 3 is 2.48 bits per heavy atom. The van der Waals surface area contributed by atoms with Crippen molar-refractivity contribution in [2.45, 2.75) is 18.4 Å². The van der Waals surface area contributed by atoms with E-state index in [1.165, 1.54) is 12.1 Å². The number of benzene rings is 1. The largest absolute Gasteiger partial charge is 0.507 e. The normalized spacial score (nSPS) is 28.9. The van der Waals surface area contributed by atoms with Gasteiger partial charge < -0.3 is 36.7 Å². The Kier molecular flexibility index (Phi) is 4.33. The van der Waals surface area contributed by atoms with Gasteiger partial charge in [-0.2, -0.15) is 0 Å². The lowest BCUT2D eigenvalue weighted by Gasteiger charge is -2.45. The van der Waals surface area contributed by atoms with Crippen LogP contribution in [0.4, 0.5) is 5.69 Å². The molecular formula is C20H19N3O8. The van der Waals surface area contributed by atoms with Gasteiger partial charge in [0.25, 0.3) is 5.91 Å². The third kappa shape index (κ3) is 2.49. The molecule has 8 N–H and O–H groups in total. The van der Waals surface area contributed by atoms with Crippen molar-refractivity contribution in [1.82, 2.24) is 0 Å². The Morgan fingerprint density at radius 1 is 1.19 bits per heavy atom. The first kappa shape index (κ1) is 20.4. The highest BCUT2D eigenvalue weighted by atomic mass is 16.6. The van der Waals surface area contributed by atoms with E-state index in [9.17, 15) is 34.8 Å². The number of nitrogens with two attached hydrogens (primary N) is 2. The van der Waals surface area contributed by atoms with E-state index in [0.717, 1.165) is 7.11 Å². The smallest absolute Gasteiger partial charge is 0.256 e. The molecule has 3 aliphatic rings. The lowest BCUT2D eigenvalue weighted by Crippen LogP contribution is -2.64. The molecule has 11 nitrogen and oxygen atoms in total. The highest BCUT2D eigenvalue weighted by Gasteiger charge is 2.64. The van der Waals surface area contributed by atoms with Crippen LogP contribution < -0.4 is 11.5 Å². The van der Waals surface area contributed by atoms with Crippen LogP contribution in [-0.4, -0.2) is 56.3 Å². The Balaban J connectivity index is 1.98. The number of nitrogens with zero attached hydrogens (tertiary/aromatic N) is 1. The number of hydrogen-bond donors (Lipinski definition) is 6. The van der Waals surface area contributed by atoms with Crippen LogP contribution in [0.25, 0.3) is 5.76 Å². The second-order valence-corrected chi connectivity index (χ2v) is 7.65. The molecule has 3 atom stereocenters. The first-order chi connectivity index (χ1) is 14.5. The zero-order chi connectivity index (χ0) is 22.8. The number of aliphatic hydroxyl groups is 3. The van der Waals surface area contributed by atoms with E-state index < -0.39 is 52.0 Å². The van der Waals surface area contributed by atoms with E-state index in [-0.39, 0.29) is 41.1 Å². The molecule has 31 heavy (non-hydrogen) atoms. The van der Waals surface area contributed by atoms with Crippen LogP contribution in [0.15, 0.2) is 34.2 Å². The maximum atomic E-state index is 13.4. The SMILES string of the molecule is CO/N=C1\C(O)=C(C(N)=O)C(=O)[C@@]2(O)C(=O)C3=C(O)c4c(O)ccc(N)c4C[C@H]3C[C@@H]12. The number of primary amides is 1. The van der Waals surface area contributed by atoms with E-state index >= 15 is 0 Å². The number of rotatable bonds is 2. The van der Waals surface area contributed by atoms with E-state index in [1.54, 1.807) is 0 Å². The lowest BCUT2D eigenvalue weighted by molar-refractivity contribution is -0.153. The number of carbonyl (C=O) groups excluding carboxylic acids is 3. The molecule has 1 aromatic carbocycles. The van der Waals surface area contributed by atoms with Crippen LogP contribution in [0.2, 0.25) is 0 Å². The van der Waals surface area contributed by atoms with Gasteiger partial charge in [-0.15, -0.1) is 0 Å². The number of fused-ring (bicyclic) bond motifs is 3. The van der Waals surface area contributed by atoms with Gasteiger partial charge in [-0.05, 0) is 36.5 Å². The number of phenolic OH excluding ortho intramolecular Hbond substituents is 1. The molecule has 1 amide bonds. The number of Topliss-reactive ketones (excluding diaryl/α,β-unsaturated/α-hetero) is 2. The van der Waals surface area contributed by atoms with Gasteiger partial charge in [-0.1, -0.05) is 5.16 Å². The number of nitrogen functional groups attached to an aromatic ring is 1. The summed E-state index contributed by atoms with van der Waals surface area (Å²) in [5.74, 6) is -7.89. The second kappa shape index (κ2) is 6.57. The van der Waals surface area contributed by atoms with Crippen molar-refractivity contribution in [1.29, 1.82) is 0 Å². The third-order valence-corrected chi connectivity index (χ3v) is 6.11. The van der Waals surface area contributed by atoms with Crippen LogP contribution in [0.5, 0.6) is 5.75 Å². The zero-order valence-corrected chi connectivity index (χ0v) is 16.2. The van der Waals surface area contributed by atoms with Crippen molar-refractivity contribution in [2.75, 3.05) is 12.8 Å². The summed E-state index contributed by atoms with van der Waals surface area (Å²) in [6.07, 6.45) is -0.0188. The van der Waals surface area contributed by atoms with Crippen molar-refractivity contribution in [3.8, 4) is 5.75 Å². The number of anilines is 1. The van der Waals surface area contributed by atoms with E-state index in [2.05, 4.69) is 9.99 Å². The second-order valence-electron chi connectivity index (χ2n) is 7.65. The van der Waals surface area contributed by atoms with Crippen LogP contribution in [0, 0.1) is 11.8 Å². The molecule has 3 aliphatic carbocycles. The third-order valence-electron chi connectivity index (χ3n) is 6.11. The average Bonchev–Trinajstić information content (AvgIpc) is 2.70. The van der Waals surface area contributed by atoms with Gasteiger partial charge in [0, 0.05) is 11.3 Å². The molecule has 1 fully saturated rings. The van der Waals surface area contributed by atoms with Crippen LogP contribution >= 0.6 is 0 Å².